The number of nitrogens with zero attached hydrogens (tertiary/aromatic N) is 3. The number of carbonyl (C=O) groups is 1. The summed E-state index contributed by atoms with van der Waals surface area (Å²) in [5.74, 6) is 0.167. The lowest BCUT2D eigenvalue weighted by molar-refractivity contribution is -0.135. The van der Waals surface area contributed by atoms with Crippen LogP contribution in [-0.2, 0) is 14.8 Å². The van der Waals surface area contributed by atoms with Crippen LogP contribution in [0.15, 0.2) is 29.2 Å². The second kappa shape index (κ2) is 9.57. The van der Waals surface area contributed by atoms with Crippen LogP contribution < -0.4 is 0 Å². The van der Waals surface area contributed by atoms with E-state index in [1.54, 1.807) is 18.2 Å². The molecular formula is C20H30ClN3O3S. The molecule has 0 aromatic heterocycles. The van der Waals surface area contributed by atoms with Gasteiger partial charge in [-0.3, -0.25) is 9.69 Å². The van der Waals surface area contributed by atoms with E-state index >= 15 is 0 Å². The number of benzene rings is 1. The van der Waals surface area contributed by atoms with Crippen LogP contribution in [0.2, 0.25) is 5.02 Å². The predicted octanol–water partition coefficient (Wildman–Crippen LogP) is 2.83. The van der Waals surface area contributed by atoms with E-state index in [1.165, 1.54) is 29.6 Å². The molecule has 1 aliphatic heterocycles. The van der Waals surface area contributed by atoms with E-state index in [0.717, 1.165) is 19.4 Å². The molecule has 1 aromatic rings. The molecule has 0 unspecified atom stereocenters. The number of rotatable bonds is 6. The number of carbonyl (C=O) groups excluding carboxylic acids is 1. The summed E-state index contributed by atoms with van der Waals surface area (Å²) < 4.78 is 27.1. The Balaban J connectivity index is 1.55. The van der Waals surface area contributed by atoms with Crippen molar-refractivity contribution in [2.75, 3.05) is 39.3 Å². The van der Waals surface area contributed by atoms with Crippen molar-refractivity contribution in [2.24, 2.45) is 0 Å². The first-order valence-corrected chi connectivity index (χ1v) is 12.0. The van der Waals surface area contributed by atoms with E-state index in [4.69, 9.17) is 11.6 Å². The summed E-state index contributed by atoms with van der Waals surface area (Å²) in [5.41, 5.74) is 0. The van der Waals surface area contributed by atoms with Crippen LogP contribution in [0.4, 0.5) is 0 Å². The average Bonchev–Trinajstić information content (AvgIpc) is 2.70. The molecule has 1 saturated carbocycles. The molecule has 0 radical (unpaired) electrons. The van der Waals surface area contributed by atoms with Crippen LogP contribution in [0, 0.1) is 0 Å². The topological polar surface area (TPSA) is 60.9 Å². The molecule has 6 nitrogen and oxygen atoms in total. The van der Waals surface area contributed by atoms with Gasteiger partial charge in [0, 0.05) is 43.8 Å². The minimum absolute atomic E-state index is 0.167. The van der Waals surface area contributed by atoms with Gasteiger partial charge >= 0.3 is 0 Å². The molecule has 3 rings (SSSR count). The summed E-state index contributed by atoms with van der Waals surface area (Å²) in [4.78, 5) is 17.1. The van der Waals surface area contributed by atoms with Crippen molar-refractivity contribution < 1.29 is 13.2 Å². The van der Waals surface area contributed by atoms with Gasteiger partial charge in [-0.25, -0.2) is 8.42 Å². The van der Waals surface area contributed by atoms with Gasteiger partial charge in [-0.15, -0.1) is 0 Å². The second-order valence-electron chi connectivity index (χ2n) is 7.61. The van der Waals surface area contributed by atoms with E-state index in [9.17, 15) is 13.2 Å². The van der Waals surface area contributed by atoms with Crippen LogP contribution >= 0.6 is 11.6 Å². The molecule has 0 N–H and O–H groups in total. The van der Waals surface area contributed by atoms with Gasteiger partial charge in [0.1, 0.15) is 0 Å². The third kappa shape index (κ3) is 5.06. The number of sulfonamides is 1. The van der Waals surface area contributed by atoms with Gasteiger partial charge < -0.3 is 4.90 Å². The molecule has 0 atom stereocenters. The SMILES string of the molecule is CCN(C(=O)CN1CCN(S(=O)(=O)c2cccc(Cl)c2)CC1)C1CCCCC1. The maximum atomic E-state index is 12.8. The monoisotopic (exact) mass is 427 g/mol. The predicted molar refractivity (Wildman–Crippen MR) is 111 cm³/mol. The molecule has 1 aliphatic carbocycles. The zero-order valence-electron chi connectivity index (χ0n) is 16.5. The quantitative estimate of drug-likeness (QED) is 0.700. The van der Waals surface area contributed by atoms with Crippen LogP contribution in [0.25, 0.3) is 0 Å². The molecule has 1 amide bonds. The number of piperazine rings is 1. The summed E-state index contributed by atoms with van der Waals surface area (Å²) in [7, 11) is -3.55. The van der Waals surface area contributed by atoms with Crippen LogP contribution in [0.5, 0.6) is 0 Å². The fourth-order valence-corrected chi connectivity index (χ4v) is 5.94. The Hall–Kier alpha value is -1.15. The lowest BCUT2D eigenvalue weighted by Crippen LogP contribution is -2.52. The molecular weight excluding hydrogens is 398 g/mol. The summed E-state index contributed by atoms with van der Waals surface area (Å²) in [5, 5.41) is 0.410. The molecule has 2 aliphatic rings. The van der Waals surface area contributed by atoms with E-state index in [2.05, 4.69) is 4.90 Å². The average molecular weight is 428 g/mol. The van der Waals surface area contributed by atoms with E-state index in [1.807, 2.05) is 11.8 Å². The molecule has 1 aromatic carbocycles. The minimum Gasteiger partial charge on any atom is -0.339 e. The number of likely N-dealkylation sites (N-methyl/N-ethyl adjacent to an activating group) is 1. The maximum Gasteiger partial charge on any atom is 0.243 e. The number of amides is 1. The zero-order chi connectivity index (χ0) is 20.1. The molecule has 156 valence electrons. The standard InChI is InChI=1S/C20H30ClN3O3S/c1-2-24(18-8-4-3-5-9-18)20(25)16-22-11-13-23(14-12-22)28(26,27)19-10-6-7-17(21)15-19/h6-7,10,15,18H,2-5,8-9,11-14,16H2,1H3. The van der Waals surface area contributed by atoms with Gasteiger partial charge in [0.2, 0.25) is 15.9 Å². The van der Waals surface area contributed by atoms with E-state index < -0.39 is 10.0 Å². The number of halogens is 1. The highest BCUT2D eigenvalue weighted by atomic mass is 35.5. The molecule has 0 spiro atoms. The van der Waals surface area contributed by atoms with Crippen molar-refractivity contribution in [1.82, 2.24) is 14.1 Å². The van der Waals surface area contributed by atoms with Crippen molar-refractivity contribution in [3.05, 3.63) is 29.3 Å². The maximum absolute atomic E-state index is 12.8. The first kappa shape index (κ1) is 21.6. The number of hydrogen-bond acceptors (Lipinski definition) is 4. The van der Waals surface area contributed by atoms with Gasteiger partial charge in [0.15, 0.2) is 0 Å². The first-order chi connectivity index (χ1) is 13.4. The molecule has 0 bridgehead atoms. The summed E-state index contributed by atoms with van der Waals surface area (Å²) in [6.45, 7) is 5.06. The van der Waals surface area contributed by atoms with Crippen LogP contribution in [0.3, 0.4) is 0 Å². The Bertz CT molecular complexity index is 773. The van der Waals surface area contributed by atoms with Gasteiger partial charge in [0.05, 0.1) is 11.4 Å². The molecule has 2 fully saturated rings. The Kier molecular flexibility index (Phi) is 7.36. The van der Waals surface area contributed by atoms with E-state index in [-0.39, 0.29) is 10.8 Å². The highest BCUT2D eigenvalue weighted by Crippen LogP contribution is 2.23. The highest BCUT2D eigenvalue weighted by Gasteiger charge is 2.31. The Morgan fingerprint density at radius 3 is 2.43 bits per heavy atom. The lowest BCUT2D eigenvalue weighted by Gasteiger charge is -2.37. The van der Waals surface area contributed by atoms with Crippen LogP contribution in [-0.4, -0.2) is 73.7 Å². The zero-order valence-corrected chi connectivity index (χ0v) is 18.1. The van der Waals surface area contributed by atoms with Crippen molar-refractivity contribution in [2.45, 2.75) is 50.0 Å². The summed E-state index contributed by atoms with van der Waals surface area (Å²) >= 11 is 5.94. The van der Waals surface area contributed by atoms with Gasteiger partial charge in [-0.05, 0) is 38.0 Å². The second-order valence-corrected chi connectivity index (χ2v) is 9.98. The lowest BCUT2D eigenvalue weighted by atomic mass is 9.94. The first-order valence-electron chi connectivity index (χ1n) is 10.2. The normalized spacial score (nSPS) is 20.2. The fraction of sp³-hybridized carbons (Fsp3) is 0.650. The van der Waals surface area contributed by atoms with Gasteiger partial charge in [-0.1, -0.05) is 36.9 Å². The summed E-state index contributed by atoms with van der Waals surface area (Å²) in [6.07, 6.45) is 5.88. The Morgan fingerprint density at radius 2 is 1.82 bits per heavy atom. The summed E-state index contributed by atoms with van der Waals surface area (Å²) in [6, 6.07) is 6.73. The Labute approximate surface area is 173 Å². The van der Waals surface area contributed by atoms with Crippen molar-refractivity contribution in [3.8, 4) is 0 Å². The third-order valence-electron chi connectivity index (χ3n) is 5.80. The molecule has 28 heavy (non-hydrogen) atoms. The van der Waals surface area contributed by atoms with Crippen molar-refractivity contribution in [3.63, 3.8) is 0 Å². The smallest absolute Gasteiger partial charge is 0.243 e. The Morgan fingerprint density at radius 1 is 1.14 bits per heavy atom. The molecule has 1 heterocycles. The molecule has 1 saturated heterocycles. The fourth-order valence-electron chi connectivity index (χ4n) is 4.22. The van der Waals surface area contributed by atoms with Crippen molar-refractivity contribution in [1.29, 1.82) is 0 Å². The van der Waals surface area contributed by atoms with Crippen LogP contribution in [0.1, 0.15) is 39.0 Å². The third-order valence-corrected chi connectivity index (χ3v) is 7.93. The number of hydrogen-bond donors (Lipinski definition) is 0. The van der Waals surface area contributed by atoms with E-state index in [0.29, 0.717) is 43.8 Å². The van der Waals surface area contributed by atoms with Gasteiger partial charge in [0.25, 0.3) is 0 Å². The molecule has 8 heteroatoms. The highest BCUT2D eigenvalue weighted by molar-refractivity contribution is 7.89. The van der Waals surface area contributed by atoms with Crippen molar-refractivity contribution >= 4 is 27.5 Å². The van der Waals surface area contributed by atoms with Gasteiger partial charge in [-0.2, -0.15) is 4.31 Å². The largest absolute Gasteiger partial charge is 0.339 e. The minimum atomic E-state index is -3.55.